The molecule has 1 aliphatic carbocycles. The summed E-state index contributed by atoms with van der Waals surface area (Å²) in [6, 6.07) is 2.78. The second-order valence-electron chi connectivity index (χ2n) is 6.24. The van der Waals surface area contributed by atoms with Crippen molar-refractivity contribution in [1.29, 1.82) is 0 Å². The second-order valence-corrected chi connectivity index (χ2v) is 6.24. The fraction of sp³-hybridized carbons (Fsp3) is 1.00. The van der Waals surface area contributed by atoms with Crippen LogP contribution in [-0.2, 0) is 4.74 Å². The summed E-state index contributed by atoms with van der Waals surface area (Å²) in [6.45, 7) is 7.65. The van der Waals surface area contributed by atoms with Crippen molar-refractivity contribution in [3.63, 3.8) is 0 Å². The number of ether oxygens (including phenoxy) is 1. The van der Waals surface area contributed by atoms with Gasteiger partial charge in [-0.25, -0.2) is 0 Å². The van der Waals surface area contributed by atoms with Gasteiger partial charge in [0.05, 0.1) is 13.2 Å². The third kappa shape index (κ3) is 3.44. The molecule has 18 heavy (non-hydrogen) atoms. The van der Waals surface area contributed by atoms with Gasteiger partial charge in [0.25, 0.3) is 0 Å². The summed E-state index contributed by atoms with van der Waals surface area (Å²) in [7, 11) is 0. The highest BCUT2D eigenvalue weighted by molar-refractivity contribution is 4.92. The highest BCUT2D eigenvalue weighted by Gasteiger charge is 2.34. The van der Waals surface area contributed by atoms with Crippen LogP contribution in [0.3, 0.4) is 0 Å². The maximum atomic E-state index is 5.51. The zero-order chi connectivity index (χ0) is 12.4. The van der Waals surface area contributed by atoms with Crippen molar-refractivity contribution < 1.29 is 4.74 Å². The Balaban J connectivity index is 1.36. The number of rotatable bonds is 5. The Hall–Kier alpha value is -0.160. The van der Waals surface area contributed by atoms with Crippen LogP contribution in [0, 0.1) is 0 Å². The Bertz CT molecular complexity index is 264. The van der Waals surface area contributed by atoms with Crippen molar-refractivity contribution in [3.05, 3.63) is 0 Å². The van der Waals surface area contributed by atoms with E-state index >= 15 is 0 Å². The van der Waals surface area contributed by atoms with Gasteiger partial charge < -0.3 is 15.4 Å². The Kier molecular flexibility index (Phi) is 4.19. The molecular formula is C14H27N3O. The maximum Gasteiger partial charge on any atom is 0.0620 e. The van der Waals surface area contributed by atoms with Crippen LogP contribution in [0.4, 0.5) is 0 Å². The molecule has 2 N–H and O–H groups in total. The van der Waals surface area contributed by atoms with Crippen LogP contribution >= 0.6 is 0 Å². The molecule has 0 aromatic heterocycles. The van der Waals surface area contributed by atoms with Gasteiger partial charge in [0.1, 0.15) is 0 Å². The van der Waals surface area contributed by atoms with Crippen molar-refractivity contribution in [1.82, 2.24) is 15.5 Å². The van der Waals surface area contributed by atoms with Crippen LogP contribution in [0.5, 0.6) is 0 Å². The van der Waals surface area contributed by atoms with Crippen molar-refractivity contribution in [2.75, 3.05) is 32.8 Å². The van der Waals surface area contributed by atoms with Crippen LogP contribution < -0.4 is 10.6 Å². The maximum absolute atomic E-state index is 5.51. The summed E-state index contributed by atoms with van der Waals surface area (Å²) in [6.07, 6.45) is 5.38. The molecule has 0 aromatic rings. The summed E-state index contributed by atoms with van der Waals surface area (Å²) >= 11 is 0. The van der Waals surface area contributed by atoms with Crippen LogP contribution in [0.25, 0.3) is 0 Å². The van der Waals surface area contributed by atoms with Gasteiger partial charge in [-0.15, -0.1) is 0 Å². The molecule has 3 atom stereocenters. The van der Waals surface area contributed by atoms with E-state index in [2.05, 4.69) is 22.5 Å². The quantitative estimate of drug-likeness (QED) is 0.751. The molecule has 3 fully saturated rings. The topological polar surface area (TPSA) is 36.5 Å². The third-order valence-electron chi connectivity index (χ3n) is 4.44. The molecule has 2 heterocycles. The normalized spacial score (nSPS) is 35.8. The minimum Gasteiger partial charge on any atom is -0.379 e. The van der Waals surface area contributed by atoms with Crippen molar-refractivity contribution in [2.45, 2.75) is 56.8 Å². The first-order chi connectivity index (χ1) is 8.81. The molecule has 104 valence electrons. The van der Waals surface area contributed by atoms with E-state index in [1.54, 1.807) is 0 Å². The lowest BCUT2D eigenvalue weighted by Crippen LogP contribution is -2.47. The minimum absolute atomic E-state index is 0.544. The van der Waals surface area contributed by atoms with E-state index in [-0.39, 0.29) is 0 Å². The average Bonchev–Trinajstić information content (AvgIpc) is 3.12. The molecule has 2 aliphatic heterocycles. The molecule has 0 amide bonds. The minimum atomic E-state index is 0.544. The van der Waals surface area contributed by atoms with E-state index in [1.165, 1.54) is 38.8 Å². The first kappa shape index (κ1) is 12.9. The molecule has 2 saturated heterocycles. The largest absolute Gasteiger partial charge is 0.379 e. The lowest BCUT2D eigenvalue weighted by atomic mass is 10.1. The first-order valence-electron chi connectivity index (χ1n) is 7.62. The fourth-order valence-electron chi connectivity index (χ4n) is 3.36. The predicted octanol–water partition coefficient (Wildman–Crippen LogP) is 0.580. The van der Waals surface area contributed by atoms with Gasteiger partial charge in [-0.1, -0.05) is 0 Å². The molecule has 0 aromatic carbocycles. The Labute approximate surface area is 110 Å². The molecule has 3 aliphatic rings. The number of morpholine rings is 1. The molecule has 4 heteroatoms. The number of nitrogens with one attached hydrogen (secondary N) is 2. The number of hydrogen-bond acceptors (Lipinski definition) is 4. The predicted molar refractivity (Wildman–Crippen MR) is 72.8 cm³/mol. The van der Waals surface area contributed by atoms with Crippen molar-refractivity contribution >= 4 is 0 Å². The zero-order valence-electron chi connectivity index (χ0n) is 11.5. The summed E-state index contributed by atoms with van der Waals surface area (Å²) in [5.74, 6) is 0. The SMILES string of the molecule is CC(CC1COCCN1)NC1CCN(C2CC2)C1. The Morgan fingerprint density at radius 1 is 1.39 bits per heavy atom. The Morgan fingerprint density at radius 3 is 3.00 bits per heavy atom. The molecule has 0 spiro atoms. The second kappa shape index (κ2) is 5.87. The Morgan fingerprint density at radius 2 is 2.28 bits per heavy atom. The molecule has 3 unspecified atom stereocenters. The van der Waals surface area contributed by atoms with Crippen LogP contribution in [-0.4, -0.2) is 61.9 Å². The fourth-order valence-corrected chi connectivity index (χ4v) is 3.36. The van der Waals surface area contributed by atoms with Gasteiger partial charge >= 0.3 is 0 Å². The standard InChI is InChI=1S/C14H27N3O/c1-11(8-13-10-18-7-5-15-13)16-12-4-6-17(9-12)14-2-3-14/h11-16H,2-10H2,1H3. The van der Waals surface area contributed by atoms with E-state index in [1.807, 2.05) is 0 Å². The molecular weight excluding hydrogens is 226 g/mol. The van der Waals surface area contributed by atoms with E-state index < -0.39 is 0 Å². The number of likely N-dealkylation sites (tertiary alicyclic amines) is 1. The van der Waals surface area contributed by atoms with E-state index in [4.69, 9.17) is 4.74 Å². The van der Waals surface area contributed by atoms with Crippen LogP contribution in [0.2, 0.25) is 0 Å². The van der Waals surface area contributed by atoms with Crippen LogP contribution in [0.15, 0.2) is 0 Å². The highest BCUT2D eigenvalue weighted by Crippen LogP contribution is 2.29. The lowest BCUT2D eigenvalue weighted by Gasteiger charge is -2.28. The summed E-state index contributed by atoms with van der Waals surface area (Å²) in [4.78, 5) is 2.67. The van der Waals surface area contributed by atoms with Crippen molar-refractivity contribution in [2.24, 2.45) is 0 Å². The third-order valence-corrected chi connectivity index (χ3v) is 4.44. The molecule has 0 bridgehead atoms. The van der Waals surface area contributed by atoms with Crippen molar-refractivity contribution in [3.8, 4) is 0 Å². The van der Waals surface area contributed by atoms with E-state index in [0.717, 1.165) is 25.8 Å². The molecule has 4 nitrogen and oxygen atoms in total. The summed E-state index contributed by atoms with van der Waals surface area (Å²) < 4.78 is 5.51. The van der Waals surface area contributed by atoms with Gasteiger partial charge in [-0.3, -0.25) is 4.90 Å². The highest BCUT2D eigenvalue weighted by atomic mass is 16.5. The van der Waals surface area contributed by atoms with Crippen LogP contribution in [0.1, 0.15) is 32.6 Å². The smallest absolute Gasteiger partial charge is 0.0620 e. The molecule has 3 rings (SSSR count). The molecule has 0 radical (unpaired) electrons. The van der Waals surface area contributed by atoms with E-state index in [9.17, 15) is 0 Å². The monoisotopic (exact) mass is 253 g/mol. The van der Waals surface area contributed by atoms with Gasteiger partial charge in [0, 0.05) is 43.8 Å². The summed E-state index contributed by atoms with van der Waals surface area (Å²) in [5, 5.41) is 7.34. The van der Waals surface area contributed by atoms with Gasteiger partial charge in [-0.2, -0.15) is 0 Å². The van der Waals surface area contributed by atoms with Gasteiger partial charge in [-0.05, 0) is 32.6 Å². The summed E-state index contributed by atoms with van der Waals surface area (Å²) in [5.41, 5.74) is 0. The first-order valence-corrected chi connectivity index (χ1v) is 7.62. The van der Waals surface area contributed by atoms with Gasteiger partial charge in [0.15, 0.2) is 0 Å². The average molecular weight is 253 g/mol. The van der Waals surface area contributed by atoms with E-state index in [0.29, 0.717) is 18.1 Å². The van der Waals surface area contributed by atoms with Gasteiger partial charge in [0.2, 0.25) is 0 Å². The lowest BCUT2D eigenvalue weighted by molar-refractivity contribution is 0.0708. The zero-order valence-corrected chi connectivity index (χ0v) is 11.5. The number of nitrogens with zero attached hydrogens (tertiary/aromatic N) is 1. The number of hydrogen-bond donors (Lipinski definition) is 2. The molecule has 1 saturated carbocycles.